The molecule has 14 nitrogen and oxygen atoms in total. The number of benzene rings is 4. The zero-order valence-corrected chi connectivity index (χ0v) is 20.2. The van der Waals surface area contributed by atoms with Crippen LogP contribution in [0.15, 0.2) is 84.9 Å². The van der Waals surface area contributed by atoms with E-state index in [2.05, 4.69) is 0 Å². The fraction of sp³-hybridized carbons (Fsp3) is 0.0769. The highest BCUT2D eigenvalue weighted by atomic mass is 16.6. The van der Waals surface area contributed by atoms with Gasteiger partial charge in [0.2, 0.25) is 0 Å². The Balaban J connectivity index is 2.18. The molecule has 4 rings (SSSR count). The maximum absolute atomic E-state index is 11.7. The van der Waals surface area contributed by atoms with Crippen LogP contribution in [-0.4, -0.2) is 29.9 Å². The number of non-ortho nitro benzene ring substituents is 2. The Labute approximate surface area is 224 Å². The first-order valence-corrected chi connectivity index (χ1v) is 11.4. The highest BCUT2D eigenvalue weighted by Gasteiger charge is 2.38. The molecule has 0 radical (unpaired) electrons. The molecule has 2 atom stereocenters. The van der Waals surface area contributed by atoms with Crippen molar-refractivity contribution < 1.29 is 29.9 Å². The van der Waals surface area contributed by atoms with Gasteiger partial charge in [0.1, 0.15) is 0 Å². The molecule has 4 aromatic carbocycles. The van der Waals surface area contributed by atoms with E-state index < -0.39 is 65.8 Å². The summed E-state index contributed by atoms with van der Waals surface area (Å²) in [7, 11) is 0. The summed E-state index contributed by atoms with van der Waals surface area (Å²) in [5, 5.41) is 69.0. The molecule has 0 aliphatic carbocycles. The number of nitrogens with zero attached hydrogens (tertiary/aromatic N) is 4. The fourth-order valence-electron chi connectivity index (χ4n) is 4.64. The fourth-order valence-corrected chi connectivity index (χ4v) is 4.64. The van der Waals surface area contributed by atoms with Crippen molar-refractivity contribution in [2.24, 2.45) is 0 Å². The van der Waals surface area contributed by atoms with Gasteiger partial charge < -0.3 is 10.2 Å². The number of phenolic OH excluding ortho intramolecular Hbond substituents is 2. The summed E-state index contributed by atoms with van der Waals surface area (Å²) in [6, 6.07) is 18.9. The van der Waals surface area contributed by atoms with Gasteiger partial charge >= 0.3 is 11.4 Å². The molecule has 202 valence electrons. The van der Waals surface area contributed by atoms with Crippen molar-refractivity contribution in [2.75, 3.05) is 0 Å². The third kappa shape index (κ3) is 5.08. The number of hydrogen-bond acceptors (Lipinski definition) is 10. The molecule has 0 heterocycles. The lowest BCUT2D eigenvalue weighted by Gasteiger charge is -2.30. The lowest BCUT2D eigenvalue weighted by molar-refractivity contribution is -0.395. The number of nitro groups is 4. The lowest BCUT2D eigenvalue weighted by Crippen LogP contribution is -2.16. The maximum atomic E-state index is 11.7. The minimum Gasteiger partial charge on any atom is -0.502 e. The van der Waals surface area contributed by atoms with Crippen LogP contribution in [0.1, 0.15) is 34.1 Å². The van der Waals surface area contributed by atoms with Crippen LogP contribution in [0.3, 0.4) is 0 Å². The summed E-state index contributed by atoms with van der Waals surface area (Å²) < 4.78 is 0. The zero-order valence-electron chi connectivity index (χ0n) is 20.2. The van der Waals surface area contributed by atoms with E-state index in [9.17, 15) is 50.7 Å². The highest BCUT2D eigenvalue weighted by Crippen LogP contribution is 2.52. The highest BCUT2D eigenvalue weighted by molar-refractivity contribution is 5.65. The summed E-state index contributed by atoms with van der Waals surface area (Å²) in [5.41, 5.74) is -3.34. The van der Waals surface area contributed by atoms with Gasteiger partial charge in [-0.25, -0.2) is 0 Å². The molecular weight excluding hydrogens is 528 g/mol. The van der Waals surface area contributed by atoms with Crippen molar-refractivity contribution in [3.05, 3.63) is 148 Å². The number of aromatic hydroxyl groups is 2. The monoisotopic (exact) mass is 546 g/mol. The normalized spacial score (nSPS) is 12.3. The molecule has 0 amide bonds. The molecule has 1 unspecified atom stereocenters. The largest absolute Gasteiger partial charge is 0.502 e. The van der Waals surface area contributed by atoms with E-state index in [1.807, 2.05) is 0 Å². The summed E-state index contributed by atoms with van der Waals surface area (Å²) in [5.74, 6) is -4.36. The number of rotatable bonds is 9. The van der Waals surface area contributed by atoms with Crippen LogP contribution in [0.4, 0.5) is 22.7 Å². The number of hydrogen-bond donors (Lipinski definition) is 2. The van der Waals surface area contributed by atoms with Crippen LogP contribution < -0.4 is 0 Å². The van der Waals surface area contributed by atoms with Crippen molar-refractivity contribution >= 4 is 22.7 Å². The van der Waals surface area contributed by atoms with Gasteiger partial charge in [0, 0.05) is 35.1 Å². The van der Waals surface area contributed by atoms with Gasteiger partial charge in [-0.3, -0.25) is 40.5 Å². The standard InChI is InChI=1S/C26H18N4O10/c31-25-19(11-17(27(33)34)13-21(25)29(37)38)23(15-7-3-1-4-8-15)24(16-9-5-2-6-10-16)20-12-18(28(35)36)14-22(26(20)32)30(39)40/h1-14,23-24,31-32H/t23-,24?/m0/s1. The molecular formula is C26H18N4O10. The smallest absolute Gasteiger partial charge is 0.317 e. The topological polar surface area (TPSA) is 213 Å². The van der Waals surface area contributed by atoms with Crippen molar-refractivity contribution in [2.45, 2.75) is 11.8 Å². The predicted molar refractivity (Wildman–Crippen MR) is 139 cm³/mol. The van der Waals surface area contributed by atoms with Crippen molar-refractivity contribution in [1.82, 2.24) is 0 Å². The zero-order chi connectivity index (χ0) is 29.1. The van der Waals surface area contributed by atoms with Gasteiger partial charge in [0.25, 0.3) is 11.4 Å². The van der Waals surface area contributed by atoms with Crippen molar-refractivity contribution in [1.29, 1.82) is 0 Å². The predicted octanol–water partition coefficient (Wildman–Crippen LogP) is 5.69. The molecule has 2 N–H and O–H groups in total. The van der Waals surface area contributed by atoms with E-state index in [1.165, 1.54) is 0 Å². The third-order valence-electron chi connectivity index (χ3n) is 6.34. The number of phenols is 2. The van der Waals surface area contributed by atoms with Crippen LogP contribution in [0.2, 0.25) is 0 Å². The Hall–Kier alpha value is -5.92. The molecule has 0 fully saturated rings. The molecule has 0 spiro atoms. The maximum Gasteiger partial charge on any atom is 0.317 e. The van der Waals surface area contributed by atoms with E-state index in [4.69, 9.17) is 0 Å². The van der Waals surface area contributed by atoms with Crippen LogP contribution in [-0.2, 0) is 0 Å². The number of nitro benzene ring substituents is 4. The van der Waals surface area contributed by atoms with Crippen molar-refractivity contribution in [3.8, 4) is 11.5 Å². The van der Waals surface area contributed by atoms with Gasteiger partial charge in [-0.15, -0.1) is 0 Å². The Bertz CT molecular complexity index is 1520. The van der Waals surface area contributed by atoms with Crippen LogP contribution in [0, 0.1) is 40.5 Å². The first-order chi connectivity index (χ1) is 19.0. The minimum absolute atomic E-state index is 0.311. The quantitative estimate of drug-likeness (QED) is 0.193. The summed E-state index contributed by atoms with van der Waals surface area (Å²) in [6.45, 7) is 0. The average Bonchev–Trinajstić information content (AvgIpc) is 2.93. The molecule has 0 aliphatic rings. The summed E-state index contributed by atoms with van der Waals surface area (Å²) in [4.78, 5) is 43.1. The Kier molecular flexibility index (Phi) is 7.34. The van der Waals surface area contributed by atoms with Gasteiger partial charge in [-0.1, -0.05) is 60.7 Å². The van der Waals surface area contributed by atoms with Gasteiger partial charge in [-0.2, -0.15) is 0 Å². The molecule has 40 heavy (non-hydrogen) atoms. The SMILES string of the molecule is O=[N+]([O-])c1cc(C(c2ccccc2)[C@@H](c2ccccc2)c2cc([N+](=O)[O-])cc([N+](=O)[O-])c2O)c(O)c([N+](=O)[O-])c1. The van der Waals surface area contributed by atoms with Crippen molar-refractivity contribution in [3.63, 3.8) is 0 Å². The first kappa shape index (κ1) is 27.1. The van der Waals surface area contributed by atoms with E-state index in [-0.39, 0.29) is 11.1 Å². The van der Waals surface area contributed by atoms with E-state index in [0.717, 1.165) is 12.1 Å². The Morgan fingerprint density at radius 2 is 0.825 bits per heavy atom. The molecule has 0 aliphatic heterocycles. The molecule has 0 saturated heterocycles. The second-order valence-corrected chi connectivity index (χ2v) is 8.61. The first-order valence-electron chi connectivity index (χ1n) is 11.4. The van der Waals surface area contributed by atoms with Crippen LogP contribution >= 0.6 is 0 Å². The summed E-state index contributed by atoms with van der Waals surface area (Å²) >= 11 is 0. The van der Waals surface area contributed by atoms with E-state index >= 15 is 0 Å². The molecule has 0 bridgehead atoms. The average molecular weight is 546 g/mol. The minimum atomic E-state index is -1.27. The second-order valence-electron chi connectivity index (χ2n) is 8.61. The second kappa shape index (κ2) is 10.8. The van der Waals surface area contributed by atoms with Gasteiger partial charge in [0.05, 0.1) is 31.8 Å². The van der Waals surface area contributed by atoms with Crippen LogP contribution in [0.25, 0.3) is 0 Å². The van der Waals surface area contributed by atoms with Gasteiger partial charge in [-0.05, 0) is 11.1 Å². The summed E-state index contributed by atoms with van der Waals surface area (Å²) in [6.07, 6.45) is 0. The van der Waals surface area contributed by atoms with E-state index in [0.29, 0.717) is 23.3 Å². The Morgan fingerprint density at radius 1 is 0.500 bits per heavy atom. The van der Waals surface area contributed by atoms with Gasteiger partial charge in [0.15, 0.2) is 11.5 Å². The van der Waals surface area contributed by atoms with Crippen LogP contribution in [0.5, 0.6) is 11.5 Å². The third-order valence-corrected chi connectivity index (χ3v) is 6.34. The van der Waals surface area contributed by atoms with E-state index in [1.54, 1.807) is 60.7 Å². The lowest BCUT2D eigenvalue weighted by atomic mass is 9.73. The molecule has 0 aromatic heterocycles. The molecule has 14 heteroatoms. The molecule has 4 aromatic rings. The molecule has 0 saturated carbocycles. The Morgan fingerprint density at radius 3 is 1.10 bits per heavy atom.